The standard InChI is InChI=1S/C15H18NO2.C14H19NO.4C2H6.CHO2.3CH4.I2.2Y/c1-10-5-6-13-14(12(10)8-18-9-17)11(2)7-15(3,4)16-13;1-9-5-6-12-13(11(9)8-16)10(2)7-14(3,4)15-12;4*1-2;2-1-3;;;;1-2;;/h5-7,16H,8H2,1-4H3;5-7,15-16H,8H2,1-4H3;4*1-2H3;(H,2,3);3*1H4;;;/q-1;;;;;;-1;;;;;;. The van der Waals surface area contributed by atoms with Gasteiger partial charge in [-0.1, -0.05) is 115 Å². The Balaban J connectivity index is -0.0000000720. The molecule has 52 heavy (non-hydrogen) atoms. The van der Waals surface area contributed by atoms with Crippen molar-refractivity contribution in [2.45, 2.75) is 157 Å². The predicted molar refractivity (Wildman–Crippen MR) is 243 cm³/mol. The smallest absolute Gasteiger partial charge is 0.0755 e. The third-order valence-corrected chi connectivity index (χ3v) is 6.38. The molecule has 2 aliphatic heterocycles. The number of aliphatic hydroxyl groups excluding tert-OH is 2. The minimum Gasteiger partial charge on any atom is -0.665 e. The molecule has 0 aromatic heterocycles. The molecule has 0 saturated carbocycles. The molecular weight excluding hydrogens is 1030 g/mol. The van der Waals surface area contributed by atoms with E-state index in [-0.39, 0.29) is 112 Å². The number of aryl methyl sites for hydroxylation is 2. The average molecular weight is 1110 g/mol. The normalized spacial score (nSPS) is 11.8. The Labute approximate surface area is 395 Å². The van der Waals surface area contributed by atoms with Crippen LogP contribution in [-0.4, -0.2) is 34.2 Å². The first-order valence-electron chi connectivity index (χ1n) is 16.3. The molecule has 0 saturated heterocycles. The van der Waals surface area contributed by atoms with Crippen LogP contribution in [0.15, 0.2) is 36.4 Å². The van der Waals surface area contributed by atoms with Gasteiger partial charge < -0.3 is 35.2 Å². The van der Waals surface area contributed by atoms with Gasteiger partial charge in [-0.15, -0.1) is 0 Å². The molecule has 0 bridgehead atoms. The Kier molecular flexibility index (Phi) is 59.5. The summed E-state index contributed by atoms with van der Waals surface area (Å²) in [4.78, 5) is 18.5. The zero-order chi connectivity index (χ0) is 38.0. The van der Waals surface area contributed by atoms with Gasteiger partial charge in [0.2, 0.25) is 0 Å². The second-order valence-corrected chi connectivity index (χ2v) is 10.5. The van der Waals surface area contributed by atoms with Crippen molar-refractivity contribution in [3.05, 3.63) is 69.8 Å². The van der Waals surface area contributed by atoms with Crippen molar-refractivity contribution in [1.29, 1.82) is 0 Å². The van der Waals surface area contributed by atoms with Gasteiger partial charge in [0, 0.05) is 125 Å². The molecule has 4 rings (SSSR count). The molecule has 0 atom stereocenters. The molecule has 300 valence electrons. The number of halogens is 2. The number of benzene rings is 2. The van der Waals surface area contributed by atoms with Crippen LogP contribution < -0.4 is 10.6 Å². The van der Waals surface area contributed by atoms with E-state index in [9.17, 15) is 9.90 Å². The van der Waals surface area contributed by atoms with Crippen molar-refractivity contribution in [2.24, 2.45) is 0 Å². The van der Waals surface area contributed by atoms with E-state index in [1.165, 1.54) is 23.2 Å². The molecule has 0 spiro atoms. The third-order valence-electron chi connectivity index (χ3n) is 6.38. The second kappa shape index (κ2) is 42.2. The van der Waals surface area contributed by atoms with Gasteiger partial charge in [0.05, 0.1) is 24.3 Å². The van der Waals surface area contributed by atoms with Crippen LogP contribution in [0.3, 0.4) is 0 Å². The number of ether oxygens (including phenoxy) is 1. The van der Waals surface area contributed by atoms with E-state index >= 15 is 0 Å². The summed E-state index contributed by atoms with van der Waals surface area (Å²) in [5, 5.41) is 23.2. The Morgan fingerprint density at radius 3 is 1.23 bits per heavy atom. The Bertz CT molecular complexity index is 1240. The first-order valence-corrected chi connectivity index (χ1v) is 22.6. The Morgan fingerprint density at radius 2 is 0.942 bits per heavy atom. The fourth-order valence-corrected chi connectivity index (χ4v) is 5.10. The van der Waals surface area contributed by atoms with Crippen LogP contribution in [0.4, 0.5) is 11.4 Å². The van der Waals surface area contributed by atoms with Gasteiger partial charge in [-0.2, -0.15) is 0 Å². The van der Waals surface area contributed by atoms with Crippen LogP contribution in [-0.2, 0) is 93.0 Å². The molecule has 0 unspecified atom stereocenters. The third kappa shape index (κ3) is 26.0. The van der Waals surface area contributed by atoms with E-state index < -0.39 is 0 Å². The Hall–Kier alpha value is 0.0878. The molecule has 2 radical (unpaired) electrons. The molecule has 2 aliphatic rings. The maximum absolute atomic E-state index is 10.3. The first kappa shape index (κ1) is 73.2. The molecule has 0 fully saturated rings. The van der Waals surface area contributed by atoms with Crippen LogP contribution >= 0.6 is 37.2 Å². The van der Waals surface area contributed by atoms with Gasteiger partial charge >= 0.3 is 0 Å². The van der Waals surface area contributed by atoms with Gasteiger partial charge in [-0.05, 0) is 101 Å². The molecule has 4 N–H and O–H groups in total. The molecule has 0 amide bonds. The summed E-state index contributed by atoms with van der Waals surface area (Å²) in [7, 11) is 0. The van der Waals surface area contributed by atoms with Crippen LogP contribution in [0.5, 0.6) is 0 Å². The summed E-state index contributed by atoms with van der Waals surface area (Å²) in [5.74, 6) is 0. The number of hydrogen-bond donors (Lipinski definition) is 4. The summed E-state index contributed by atoms with van der Waals surface area (Å²) in [6, 6.07) is 8.29. The number of hydrogen-bond acceptors (Lipinski definition) is 6. The maximum atomic E-state index is 10.3. The Morgan fingerprint density at radius 1 is 0.654 bits per heavy atom. The van der Waals surface area contributed by atoms with Crippen molar-refractivity contribution < 1.29 is 90.0 Å². The number of allylic oxidation sites excluding steroid dienone is 2. The van der Waals surface area contributed by atoms with E-state index in [1.807, 2.05) is 75.3 Å². The van der Waals surface area contributed by atoms with Gasteiger partial charge in [0.1, 0.15) is 0 Å². The van der Waals surface area contributed by atoms with E-state index in [1.54, 1.807) is 0 Å². The van der Waals surface area contributed by atoms with Gasteiger partial charge in [-0.25, -0.2) is 0 Å². The minimum absolute atomic E-state index is 0. The predicted octanol–water partition coefficient (Wildman–Crippen LogP) is 13.7. The minimum atomic E-state index is -0.0543. The molecule has 7 nitrogen and oxygen atoms in total. The zero-order valence-corrected chi connectivity index (χ0v) is 42.9. The molecule has 2 heterocycles. The molecular formula is C41H74I2N2O5Y2-2. The van der Waals surface area contributed by atoms with Gasteiger partial charge in [0.15, 0.2) is 0 Å². The van der Waals surface area contributed by atoms with Crippen molar-refractivity contribution in [1.82, 2.24) is 0 Å². The first-order chi connectivity index (χ1) is 22.3. The summed E-state index contributed by atoms with van der Waals surface area (Å²) >= 11 is 4.24. The molecule has 2 aromatic carbocycles. The molecule has 11 heteroatoms. The number of rotatable bonds is 4. The second-order valence-electron chi connectivity index (χ2n) is 10.5. The summed E-state index contributed by atoms with van der Waals surface area (Å²) < 4.78 is 4.81. The number of nitrogens with one attached hydrogen (secondary N) is 2. The van der Waals surface area contributed by atoms with Crippen LogP contribution in [0, 0.1) is 13.8 Å². The van der Waals surface area contributed by atoms with E-state index in [4.69, 9.17) is 14.6 Å². The molecule has 0 aliphatic carbocycles. The van der Waals surface area contributed by atoms with Gasteiger partial charge in [-0.3, -0.25) is 0 Å². The van der Waals surface area contributed by atoms with Crippen molar-refractivity contribution in [3.8, 4) is 0 Å². The van der Waals surface area contributed by atoms with Crippen LogP contribution in [0.1, 0.15) is 153 Å². The summed E-state index contributed by atoms with van der Waals surface area (Å²) in [6.45, 7) is 35.2. The van der Waals surface area contributed by atoms with Crippen molar-refractivity contribution in [3.63, 3.8) is 0 Å². The monoisotopic (exact) mass is 1110 g/mol. The zero-order valence-electron chi connectivity index (χ0n) is 32.9. The van der Waals surface area contributed by atoms with Crippen LogP contribution in [0.2, 0.25) is 0 Å². The van der Waals surface area contributed by atoms with Crippen molar-refractivity contribution in [2.75, 3.05) is 10.6 Å². The van der Waals surface area contributed by atoms with Crippen LogP contribution in [0.25, 0.3) is 11.1 Å². The van der Waals surface area contributed by atoms with E-state index in [2.05, 4.69) is 120 Å². The SMILES string of the molecule is C.C.C.CC.CC.CC.CC.CC1=CC(C)(C)Nc2ccc(C)c(CO)c21.CC1=CC(C)(C)Nc2ccc(C)c(CO[C-]=O)c21.II.O=[C-]O.[Y].[Y]. The fourth-order valence-electron chi connectivity index (χ4n) is 5.10. The topological polar surface area (TPSA) is 108 Å². The summed E-state index contributed by atoms with van der Waals surface area (Å²) in [5.41, 5.74) is 11.3. The number of aliphatic hydroxyl groups is 1. The maximum Gasteiger partial charge on any atom is 0.0755 e. The molecule has 2 aromatic rings. The fraction of sp³-hybridized carbons (Fsp3) is 0.561. The number of fused-ring (bicyclic) bond motifs is 2. The summed E-state index contributed by atoms with van der Waals surface area (Å²) in [6.07, 6.45) is 4.41. The number of anilines is 2. The van der Waals surface area contributed by atoms with E-state index in [0.717, 1.165) is 39.2 Å². The van der Waals surface area contributed by atoms with E-state index in [0.29, 0.717) is 6.47 Å². The largest absolute Gasteiger partial charge is 0.665 e. The average Bonchev–Trinajstić information content (AvgIpc) is 3.05. The van der Waals surface area contributed by atoms with Crippen molar-refractivity contribution >= 4 is 72.7 Å². The van der Waals surface area contributed by atoms with Gasteiger partial charge in [0.25, 0.3) is 0 Å². The number of carbonyl (C=O) groups excluding carboxylic acids is 1. The quantitative estimate of drug-likeness (QED) is 0.178.